The van der Waals surface area contributed by atoms with E-state index in [2.05, 4.69) is 17.1 Å². The van der Waals surface area contributed by atoms with Crippen LogP contribution in [0.25, 0.3) is 0 Å². The Balaban J connectivity index is 1.48. The quantitative estimate of drug-likeness (QED) is 0.271. The molecule has 2 aromatic rings. The van der Waals surface area contributed by atoms with Crippen molar-refractivity contribution in [2.75, 3.05) is 36.4 Å². The Morgan fingerprint density at radius 3 is 2.29 bits per heavy atom. The Bertz CT molecular complexity index is 1000. The molecule has 0 aromatic heterocycles. The van der Waals surface area contributed by atoms with Gasteiger partial charge in [0.1, 0.15) is 0 Å². The number of rotatable bonds is 10. The van der Waals surface area contributed by atoms with Crippen molar-refractivity contribution >= 4 is 40.5 Å². The first-order valence-electron chi connectivity index (χ1n) is 11.8. The molecule has 0 spiro atoms. The van der Waals surface area contributed by atoms with Gasteiger partial charge in [0, 0.05) is 56.1 Å². The van der Waals surface area contributed by atoms with E-state index in [9.17, 15) is 19.7 Å². The number of carbonyl (C=O) groups is 2. The number of anilines is 2. The van der Waals surface area contributed by atoms with E-state index in [0.29, 0.717) is 25.2 Å². The van der Waals surface area contributed by atoms with Crippen LogP contribution in [-0.4, -0.2) is 47.8 Å². The number of nitro groups is 1. The number of halogens is 1. The van der Waals surface area contributed by atoms with Gasteiger partial charge in [-0.05, 0) is 36.8 Å². The summed E-state index contributed by atoms with van der Waals surface area (Å²) < 4.78 is 0. The van der Waals surface area contributed by atoms with Gasteiger partial charge in [-0.2, -0.15) is 0 Å². The highest BCUT2D eigenvalue weighted by atomic mass is 35.5. The highest BCUT2D eigenvalue weighted by molar-refractivity contribution is 6.34. The van der Waals surface area contributed by atoms with Crippen molar-refractivity contribution in [3.8, 4) is 0 Å². The van der Waals surface area contributed by atoms with Crippen LogP contribution in [0.5, 0.6) is 0 Å². The van der Waals surface area contributed by atoms with Crippen LogP contribution in [0.1, 0.15) is 55.8 Å². The van der Waals surface area contributed by atoms with Gasteiger partial charge in [-0.3, -0.25) is 19.7 Å². The molecule has 8 nitrogen and oxygen atoms in total. The third-order valence-corrected chi connectivity index (χ3v) is 6.34. The predicted molar refractivity (Wildman–Crippen MR) is 135 cm³/mol. The summed E-state index contributed by atoms with van der Waals surface area (Å²) in [5.74, 6) is -0.186. The predicted octanol–water partition coefficient (Wildman–Crippen LogP) is 5.51. The molecule has 1 heterocycles. The number of carbonyl (C=O) groups excluding carboxylic acids is 2. The Morgan fingerprint density at radius 2 is 1.68 bits per heavy atom. The number of piperazine rings is 1. The van der Waals surface area contributed by atoms with Gasteiger partial charge >= 0.3 is 0 Å². The number of amides is 2. The molecule has 2 amide bonds. The van der Waals surface area contributed by atoms with Crippen LogP contribution in [0.15, 0.2) is 42.5 Å². The SMILES string of the molecule is CCCCCCCC(=O)N1CCN(c2ccc(NC(=O)c3ccc([N+](=O)[O-])cc3Cl)cc2)CC1. The first kappa shape index (κ1) is 25.5. The third-order valence-electron chi connectivity index (χ3n) is 6.03. The molecule has 9 heteroatoms. The summed E-state index contributed by atoms with van der Waals surface area (Å²) in [7, 11) is 0. The molecule has 0 aliphatic carbocycles. The number of nitro benzene ring substituents is 1. The fourth-order valence-electron chi connectivity index (χ4n) is 4.01. The van der Waals surface area contributed by atoms with Crippen molar-refractivity contribution < 1.29 is 14.5 Å². The maximum absolute atomic E-state index is 12.5. The molecule has 182 valence electrons. The minimum atomic E-state index is -0.559. The number of non-ortho nitro benzene ring substituents is 1. The molecule has 1 aliphatic heterocycles. The molecule has 0 radical (unpaired) electrons. The summed E-state index contributed by atoms with van der Waals surface area (Å²) in [6, 6.07) is 11.2. The van der Waals surface area contributed by atoms with Crippen molar-refractivity contribution in [1.29, 1.82) is 0 Å². The van der Waals surface area contributed by atoms with E-state index in [1.807, 2.05) is 17.0 Å². The van der Waals surface area contributed by atoms with Crippen molar-refractivity contribution in [2.45, 2.75) is 45.4 Å². The van der Waals surface area contributed by atoms with Crippen LogP contribution in [0.4, 0.5) is 17.1 Å². The molecule has 1 fully saturated rings. The first-order valence-corrected chi connectivity index (χ1v) is 12.1. The lowest BCUT2D eigenvalue weighted by Gasteiger charge is -2.36. The second-order valence-electron chi connectivity index (χ2n) is 8.45. The van der Waals surface area contributed by atoms with E-state index in [0.717, 1.165) is 37.7 Å². The number of unbranched alkanes of at least 4 members (excludes halogenated alkanes) is 4. The molecule has 1 aliphatic rings. The summed E-state index contributed by atoms with van der Waals surface area (Å²) >= 11 is 6.04. The standard InChI is InChI=1S/C25H31ClN4O4/c1-2-3-4-5-6-7-24(31)29-16-14-28(15-17-29)20-10-8-19(9-11-20)27-25(32)22-13-12-21(30(33)34)18-23(22)26/h8-13,18H,2-7,14-17H2,1H3,(H,27,32). The Morgan fingerprint density at radius 1 is 1.00 bits per heavy atom. The molecule has 0 bridgehead atoms. The molecular weight excluding hydrogens is 456 g/mol. The monoisotopic (exact) mass is 486 g/mol. The average Bonchev–Trinajstić information content (AvgIpc) is 2.84. The zero-order valence-corrected chi connectivity index (χ0v) is 20.2. The maximum atomic E-state index is 12.5. The molecule has 0 unspecified atom stereocenters. The van der Waals surface area contributed by atoms with Crippen LogP contribution in [0.2, 0.25) is 5.02 Å². The zero-order chi connectivity index (χ0) is 24.5. The fraction of sp³-hybridized carbons (Fsp3) is 0.440. The van der Waals surface area contributed by atoms with Crippen molar-refractivity contribution in [3.63, 3.8) is 0 Å². The largest absolute Gasteiger partial charge is 0.368 e. The normalized spacial score (nSPS) is 13.6. The Kier molecular flexibility index (Phi) is 9.27. The average molecular weight is 487 g/mol. The molecule has 34 heavy (non-hydrogen) atoms. The second-order valence-corrected chi connectivity index (χ2v) is 8.86. The van der Waals surface area contributed by atoms with Gasteiger partial charge in [0.2, 0.25) is 5.91 Å². The number of nitrogens with one attached hydrogen (secondary N) is 1. The van der Waals surface area contributed by atoms with Gasteiger partial charge in [0.15, 0.2) is 0 Å². The third kappa shape index (κ3) is 6.93. The molecule has 3 rings (SSSR count). The summed E-state index contributed by atoms with van der Waals surface area (Å²) in [4.78, 5) is 39.4. The lowest BCUT2D eigenvalue weighted by atomic mass is 10.1. The van der Waals surface area contributed by atoms with Crippen LogP contribution in [0.3, 0.4) is 0 Å². The van der Waals surface area contributed by atoms with Crippen LogP contribution in [0, 0.1) is 10.1 Å². The number of hydrogen-bond donors (Lipinski definition) is 1. The fourth-order valence-corrected chi connectivity index (χ4v) is 4.27. The van der Waals surface area contributed by atoms with Gasteiger partial charge in [-0.15, -0.1) is 0 Å². The lowest BCUT2D eigenvalue weighted by molar-refractivity contribution is -0.384. The zero-order valence-electron chi connectivity index (χ0n) is 19.5. The van der Waals surface area contributed by atoms with Crippen molar-refractivity contribution in [2.24, 2.45) is 0 Å². The van der Waals surface area contributed by atoms with Gasteiger partial charge in [0.25, 0.3) is 11.6 Å². The van der Waals surface area contributed by atoms with E-state index in [-0.39, 0.29) is 22.2 Å². The van der Waals surface area contributed by atoms with Crippen LogP contribution in [-0.2, 0) is 4.79 Å². The van der Waals surface area contributed by atoms with Crippen LogP contribution < -0.4 is 10.2 Å². The molecule has 0 saturated carbocycles. The van der Waals surface area contributed by atoms with Crippen molar-refractivity contribution in [1.82, 2.24) is 4.90 Å². The summed E-state index contributed by atoms with van der Waals surface area (Å²) in [6.45, 7) is 5.15. The van der Waals surface area contributed by atoms with Gasteiger partial charge in [-0.25, -0.2) is 0 Å². The Hall–Kier alpha value is -3.13. The Labute approximate surface area is 205 Å². The smallest absolute Gasteiger partial charge is 0.270 e. The molecule has 0 atom stereocenters. The highest BCUT2D eigenvalue weighted by Crippen LogP contribution is 2.25. The highest BCUT2D eigenvalue weighted by Gasteiger charge is 2.21. The lowest BCUT2D eigenvalue weighted by Crippen LogP contribution is -2.48. The molecule has 1 saturated heterocycles. The summed E-state index contributed by atoms with van der Waals surface area (Å²) in [6.07, 6.45) is 6.37. The van der Waals surface area contributed by atoms with Crippen LogP contribution >= 0.6 is 11.6 Å². The number of hydrogen-bond acceptors (Lipinski definition) is 5. The van der Waals surface area contributed by atoms with E-state index in [1.165, 1.54) is 31.4 Å². The van der Waals surface area contributed by atoms with E-state index >= 15 is 0 Å². The number of nitrogens with zero attached hydrogens (tertiary/aromatic N) is 3. The maximum Gasteiger partial charge on any atom is 0.270 e. The minimum absolute atomic E-state index is 0.0247. The summed E-state index contributed by atoms with van der Waals surface area (Å²) in [5, 5.41) is 13.6. The van der Waals surface area contributed by atoms with E-state index in [4.69, 9.17) is 11.6 Å². The summed E-state index contributed by atoms with van der Waals surface area (Å²) in [5.41, 5.74) is 1.63. The number of benzene rings is 2. The van der Waals surface area contributed by atoms with Gasteiger partial charge in [0.05, 0.1) is 15.5 Å². The minimum Gasteiger partial charge on any atom is -0.368 e. The van der Waals surface area contributed by atoms with E-state index < -0.39 is 10.8 Å². The molecule has 1 N–H and O–H groups in total. The van der Waals surface area contributed by atoms with Gasteiger partial charge < -0.3 is 15.1 Å². The topological polar surface area (TPSA) is 95.8 Å². The first-order chi connectivity index (χ1) is 16.4. The molecule has 2 aromatic carbocycles. The van der Waals surface area contributed by atoms with Crippen molar-refractivity contribution in [3.05, 3.63) is 63.2 Å². The van der Waals surface area contributed by atoms with Gasteiger partial charge in [-0.1, -0.05) is 44.2 Å². The molecular formula is C25H31ClN4O4. The van der Waals surface area contributed by atoms with E-state index in [1.54, 1.807) is 12.1 Å². The second kappa shape index (κ2) is 12.4.